The van der Waals surface area contributed by atoms with Crippen LogP contribution >= 0.6 is 0 Å². The summed E-state index contributed by atoms with van der Waals surface area (Å²) >= 11 is 0. The van der Waals surface area contributed by atoms with Gasteiger partial charge in [0, 0.05) is 42.9 Å². The Bertz CT molecular complexity index is 1670. The van der Waals surface area contributed by atoms with E-state index in [0.29, 0.717) is 43.1 Å². The molecule has 3 aromatic rings. The Labute approximate surface area is 260 Å². The molecule has 230 valence electrons. The Morgan fingerprint density at radius 3 is 2.75 bits per heavy atom. The molecule has 0 fully saturated rings. The van der Waals surface area contributed by atoms with E-state index in [1.165, 1.54) is 29.5 Å². The molecular weight excluding hydrogens is 548 g/mol. The zero-order valence-electron chi connectivity index (χ0n) is 26.5. The molecule has 4 aliphatic rings. The summed E-state index contributed by atoms with van der Waals surface area (Å²) in [5.41, 5.74) is 7.98. The van der Waals surface area contributed by atoms with Crippen molar-refractivity contribution in [1.82, 2.24) is 19.9 Å². The number of hydrogen-bond donors (Lipinski definition) is 2. The van der Waals surface area contributed by atoms with Crippen molar-refractivity contribution in [3.8, 4) is 0 Å². The fourth-order valence-electron chi connectivity index (χ4n) is 8.44. The van der Waals surface area contributed by atoms with E-state index in [4.69, 9.17) is 9.97 Å². The van der Waals surface area contributed by atoms with Crippen LogP contribution < -0.4 is 10.2 Å². The van der Waals surface area contributed by atoms with E-state index in [1.54, 1.807) is 6.20 Å². The van der Waals surface area contributed by atoms with Crippen LogP contribution in [0.1, 0.15) is 96.2 Å². The van der Waals surface area contributed by atoms with Crippen molar-refractivity contribution in [2.75, 3.05) is 30.4 Å². The van der Waals surface area contributed by atoms with Gasteiger partial charge in [-0.2, -0.15) is 4.98 Å². The second-order valence-electron chi connectivity index (χ2n) is 13.9. The second kappa shape index (κ2) is 10.8. The van der Waals surface area contributed by atoms with Crippen molar-refractivity contribution in [2.24, 2.45) is 5.92 Å². The fraction of sp³-hybridized carbons (Fsp3) is 0.500. The number of carbonyl (C=O) groups excluding carboxylic acids is 1. The van der Waals surface area contributed by atoms with Gasteiger partial charge in [0.25, 0.3) is 0 Å². The van der Waals surface area contributed by atoms with E-state index in [1.807, 2.05) is 13.0 Å². The van der Waals surface area contributed by atoms with E-state index in [0.717, 1.165) is 60.7 Å². The van der Waals surface area contributed by atoms with E-state index in [9.17, 15) is 9.90 Å². The maximum Gasteiger partial charge on any atom is 0.229 e. The molecule has 4 heterocycles. The Balaban J connectivity index is 1.29. The number of hydrogen-bond acceptors (Lipinski definition) is 8. The molecule has 1 aromatic carbocycles. The van der Waals surface area contributed by atoms with Crippen molar-refractivity contribution in [2.45, 2.75) is 89.7 Å². The summed E-state index contributed by atoms with van der Waals surface area (Å²) in [6, 6.07) is 6.69. The van der Waals surface area contributed by atoms with Gasteiger partial charge in [0.15, 0.2) is 11.6 Å². The Morgan fingerprint density at radius 2 is 1.95 bits per heavy atom. The molecule has 3 atom stereocenters. The highest BCUT2D eigenvalue weighted by atomic mass is 16.3. The molecule has 0 radical (unpaired) electrons. The SMILES string of the molecule is C=CCC[C@H]1CN(c2nc3c(cc2C)CCC3(O)CC)c2nc(Nc3cc4c5c(c3)CN(C)CC5(C)CCC4)ncc2C1=O. The third kappa shape index (κ3) is 4.74. The summed E-state index contributed by atoms with van der Waals surface area (Å²) in [5, 5.41) is 14.9. The van der Waals surface area contributed by atoms with Crippen molar-refractivity contribution in [3.05, 3.63) is 76.1 Å². The Hall–Kier alpha value is -3.62. The lowest BCUT2D eigenvalue weighted by Crippen LogP contribution is -2.44. The first-order chi connectivity index (χ1) is 21.1. The van der Waals surface area contributed by atoms with E-state index in [2.05, 4.69) is 65.8 Å². The lowest BCUT2D eigenvalue weighted by molar-refractivity contribution is 0.0307. The van der Waals surface area contributed by atoms with Gasteiger partial charge in [-0.3, -0.25) is 4.79 Å². The van der Waals surface area contributed by atoms with Gasteiger partial charge in [-0.25, -0.2) is 9.97 Å². The molecule has 0 saturated carbocycles. The molecule has 2 N–H and O–H groups in total. The normalized spacial score (nSPS) is 25.8. The molecule has 2 aromatic heterocycles. The van der Waals surface area contributed by atoms with Gasteiger partial charge < -0.3 is 20.2 Å². The molecule has 2 unspecified atom stereocenters. The van der Waals surface area contributed by atoms with Crippen LogP contribution in [-0.2, 0) is 30.4 Å². The number of benzene rings is 1. The topological polar surface area (TPSA) is 94.5 Å². The maximum absolute atomic E-state index is 13.7. The van der Waals surface area contributed by atoms with Crippen LogP contribution in [0.15, 0.2) is 37.1 Å². The minimum absolute atomic E-state index is 0.0639. The highest BCUT2D eigenvalue weighted by Gasteiger charge is 2.41. The minimum atomic E-state index is -0.927. The zero-order valence-corrected chi connectivity index (χ0v) is 26.5. The number of fused-ring (bicyclic) bond motifs is 2. The number of nitrogens with one attached hydrogen (secondary N) is 1. The highest BCUT2D eigenvalue weighted by molar-refractivity contribution is 6.05. The van der Waals surface area contributed by atoms with Gasteiger partial charge in [-0.1, -0.05) is 26.0 Å². The number of allylic oxidation sites excluding steroid dienone is 1. The van der Waals surface area contributed by atoms with E-state index in [-0.39, 0.29) is 17.1 Å². The van der Waals surface area contributed by atoms with Crippen molar-refractivity contribution < 1.29 is 9.90 Å². The van der Waals surface area contributed by atoms with Gasteiger partial charge in [0.05, 0.1) is 11.3 Å². The first-order valence-corrected chi connectivity index (χ1v) is 16.3. The molecule has 44 heavy (non-hydrogen) atoms. The van der Waals surface area contributed by atoms with Crippen LogP contribution in [0.2, 0.25) is 0 Å². The number of Topliss-reactive ketones (excluding diaryl/α,β-unsaturated/α-hetero) is 1. The summed E-state index contributed by atoms with van der Waals surface area (Å²) in [7, 11) is 2.21. The van der Waals surface area contributed by atoms with Gasteiger partial charge in [0.1, 0.15) is 11.4 Å². The number of rotatable bonds is 7. The number of carbonyl (C=O) groups is 1. The average Bonchev–Trinajstić information content (AvgIpc) is 3.31. The predicted octanol–water partition coefficient (Wildman–Crippen LogP) is 6.42. The lowest BCUT2D eigenvalue weighted by atomic mass is 9.67. The standard InChI is InChI=1S/C36H44N6O2/c1-6-8-10-25-20-42(32-22(3)15-24-12-14-36(44,7-2)31(24)39-32)33-28(30(25)43)18-37-34(40-33)38-27-16-23-11-9-13-35(4)21-41(5)19-26(17-27)29(23)35/h6,15-18,25,44H,1,7-14,19-21H2,2-5H3,(H,37,38,40)/t25-,35?,36?/m0/s1. The molecule has 8 nitrogen and oxygen atoms in total. The van der Waals surface area contributed by atoms with Crippen molar-refractivity contribution >= 4 is 29.1 Å². The van der Waals surface area contributed by atoms with Crippen LogP contribution in [0.3, 0.4) is 0 Å². The summed E-state index contributed by atoms with van der Waals surface area (Å²) in [5.74, 6) is 1.63. The lowest BCUT2D eigenvalue weighted by Gasteiger charge is -2.45. The molecular formula is C36H44N6O2. The molecule has 0 saturated heterocycles. The highest BCUT2D eigenvalue weighted by Crippen LogP contribution is 2.45. The number of anilines is 4. The van der Waals surface area contributed by atoms with Crippen LogP contribution in [0, 0.1) is 12.8 Å². The zero-order chi connectivity index (χ0) is 30.8. The first kappa shape index (κ1) is 29.1. The van der Waals surface area contributed by atoms with Crippen LogP contribution in [0.5, 0.6) is 0 Å². The largest absolute Gasteiger partial charge is 0.384 e. The Kier molecular flexibility index (Phi) is 7.13. The monoisotopic (exact) mass is 592 g/mol. The van der Waals surface area contributed by atoms with Crippen LogP contribution in [0.4, 0.5) is 23.3 Å². The van der Waals surface area contributed by atoms with E-state index < -0.39 is 5.60 Å². The summed E-state index contributed by atoms with van der Waals surface area (Å²) in [6.07, 6.45) is 10.6. The molecule has 0 amide bonds. The number of pyridine rings is 1. The quantitative estimate of drug-likeness (QED) is 0.304. The number of aryl methyl sites for hydroxylation is 3. The van der Waals surface area contributed by atoms with E-state index >= 15 is 0 Å². The third-order valence-corrected chi connectivity index (χ3v) is 10.5. The molecule has 2 aliphatic heterocycles. The van der Waals surface area contributed by atoms with Gasteiger partial charge in [-0.05, 0) is 105 Å². The minimum Gasteiger partial charge on any atom is -0.384 e. The van der Waals surface area contributed by atoms with Gasteiger partial charge in [-0.15, -0.1) is 6.58 Å². The summed E-state index contributed by atoms with van der Waals surface area (Å²) < 4.78 is 0. The molecule has 2 aliphatic carbocycles. The second-order valence-corrected chi connectivity index (χ2v) is 13.9. The van der Waals surface area contributed by atoms with Gasteiger partial charge >= 0.3 is 0 Å². The van der Waals surface area contributed by atoms with Gasteiger partial charge in [0.2, 0.25) is 5.95 Å². The average molecular weight is 593 g/mol. The number of aliphatic hydroxyl groups is 1. The van der Waals surface area contributed by atoms with Crippen molar-refractivity contribution in [3.63, 3.8) is 0 Å². The van der Waals surface area contributed by atoms with Crippen molar-refractivity contribution in [1.29, 1.82) is 0 Å². The third-order valence-electron chi connectivity index (χ3n) is 10.5. The molecule has 7 rings (SSSR count). The van der Waals surface area contributed by atoms with Crippen LogP contribution in [-0.4, -0.2) is 50.9 Å². The molecule has 8 heteroatoms. The smallest absolute Gasteiger partial charge is 0.229 e. The summed E-state index contributed by atoms with van der Waals surface area (Å²) in [4.78, 5) is 33.0. The number of likely N-dealkylation sites (N-methyl/N-ethyl adjacent to an activating group) is 1. The molecule has 0 spiro atoms. The number of ketones is 1. The summed E-state index contributed by atoms with van der Waals surface area (Å²) in [6.45, 7) is 12.9. The maximum atomic E-state index is 13.7. The molecule has 0 bridgehead atoms. The fourth-order valence-corrected chi connectivity index (χ4v) is 8.44. The predicted molar refractivity (Wildman–Crippen MR) is 174 cm³/mol. The Morgan fingerprint density at radius 1 is 1.14 bits per heavy atom. The first-order valence-electron chi connectivity index (χ1n) is 16.3. The van der Waals surface area contributed by atoms with Crippen LogP contribution in [0.25, 0.3) is 0 Å². The number of aromatic nitrogens is 3. The number of nitrogens with zero attached hydrogens (tertiary/aromatic N) is 5.